The minimum absolute atomic E-state index is 0.0170. The van der Waals surface area contributed by atoms with E-state index < -0.39 is 58.9 Å². The average Bonchev–Trinajstić information content (AvgIpc) is 3.30. The summed E-state index contributed by atoms with van der Waals surface area (Å²) in [6, 6.07) is 2.29. The van der Waals surface area contributed by atoms with Gasteiger partial charge in [-0.3, -0.25) is 10.2 Å². The van der Waals surface area contributed by atoms with Gasteiger partial charge in [0.15, 0.2) is 18.1 Å². The van der Waals surface area contributed by atoms with E-state index >= 15 is 0 Å². The number of carbonyl (C=O) groups excluding carboxylic acids is 3. The van der Waals surface area contributed by atoms with E-state index in [1.165, 1.54) is 18.2 Å². The largest absolute Gasteiger partial charge is 0.467 e. The van der Waals surface area contributed by atoms with Gasteiger partial charge in [0.2, 0.25) is 5.91 Å². The highest BCUT2D eigenvalue weighted by atomic mass is 19.4. The predicted molar refractivity (Wildman–Crippen MR) is 133 cm³/mol. The van der Waals surface area contributed by atoms with Gasteiger partial charge in [-0.2, -0.15) is 26.3 Å². The average molecular weight is 589 g/mol. The molecular formula is C26H25F6N3O6. The van der Waals surface area contributed by atoms with Crippen molar-refractivity contribution in [3.63, 3.8) is 0 Å². The van der Waals surface area contributed by atoms with Gasteiger partial charge in [0.05, 0.1) is 12.8 Å². The minimum Gasteiger partial charge on any atom is -0.467 e. The number of benzene rings is 2. The lowest BCUT2D eigenvalue weighted by atomic mass is 10.0. The Kier molecular flexibility index (Phi) is 8.91. The number of carbonyl (C=O) groups is 3. The highest BCUT2D eigenvalue weighted by molar-refractivity contribution is 5.88. The van der Waals surface area contributed by atoms with Crippen LogP contribution >= 0.6 is 0 Å². The molecule has 0 aliphatic rings. The molecule has 2 aromatic carbocycles. The molecule has 1 amide bonds. The van der Waals surface area contributed by atoms with Gasteiger partial charge in [-0.1, -0.05) is 13.8 Å². The van der Waals surface area contributed by atoms with E-state index in [0.717, 1.165) is 19.6 Å². The van der Waals surface area contributed by atoms with Crippen molar-refractivity contribution < 1.29 is 55.3 Å². The highest BCUT2D eigenvalue weighted by Crippen LogP contribution is 2.48. The molecule has 3 N–H and O–H groups in total. The van der Waals surface area contributed by atoms with Crippen molar-refractivity contribution in [2.24, 2.45) is 0 Å². The Morgan fingerprint density at radius 1 is 1.05 bits per heavy atom. The Bertz CT molecular complexity index is 1410. The molecule has 0 saturated carbocycles. The van der Waals surface area contributed by atoms with Gasteiger partial charge in [0, 0.05) is 24.0 Å². The number of aliphatic hydroxyl groups is 1. The standard InChI is InChI=1S/C26H25F6N3O6/c1-12(2)17-10-33-20-6-5-15(9-16(17)20)41-23-18(25(27,28)29)7-14(8-19(23)26(30,31)32)34-35(13(3)37)22(21(38)11-36)24(39)40-4/h5-12,21-22,33-34,38H,1-4H3/t21-,22+/m1/s1. The van der Waals surface area contributed by atoms with Crippen LogP contribution in [0.3, 0.4) is 0 Å². The van der Waals surface area contributed by atoms with Crippen molar-refractivity contribution in [2.75, 3.05) is 12.5 Å². The van der Waals surface area contributed by atoms with Crippen molar-refractivity contribution in [3.8, 4) is 11.5 Å². The molecule has 222 valence electrons. The fraction of sp³-hybridized carbons (Fsp3) is 0.346. The molecule has 0 aliphatic heterocycles. The number of hydrazine groups is 1. The van der Waals surface area contributed by atoms with E-state index in [4.69, 9.17) is 4.74 Å². The van der Waals surface area contributed by atoms with Crippen molar-refractivity contribution in [1.82, 2.24) is 9.99 Å². The number of aldehydes is 1. The highest BCUT2D eigenvalue weighted by Gasteiger charge is 2.44. The number of rotatable bonds is 9. The molecule has 0 fully saturated rings. The topological polar surface area (TPSA) is 121 Å². The summed E-state index contributed by atoms with van der Waals surface area (Å²) in [5.74, 6) is -4.40. The Labute approximate surface area is 229 Å². The molecule has 15 heteroatoms. The van der Waals surface area contributed by atoms with Crippen molar-refractivity contribution in [3.05, 3.63) is 53.2 Å². The summed E-state index contributed by atoms with van der Waals surface area (Å²) in [5, 5.41) is 10.6. The van der Waals surface area contributed by atoms with Crippen LogP contribution in [-0.4, -0.2) is 52.5 Å². The zero-order valence-corrected chi connectivity index (χ0v) is 22.0. The molecule has 41 heavy (non-hydrogen) atoms. The Balaban J connectivity index is 2.20. The number of hydrogen-bond acceptors (Lipinski definition) is 7. The van der Waals surface area contributed by atoms with Crippen LogP contribution in [0, 0.1) is 0 Å². The lowest BCUT2D eigenvalue weighted by molar-refractivity contribution is -0.157. The zero-order chi connectivity index (χ0) is 30.9. The number of nitrogens with zero attached hydrogens (tertiary/aromatic N) is 1. The number of alkyl halides is 6. The van der Waals surface area contributed by atoms with Gasteiger partial charge in [-0.25, -0.2) is 9.80 Å². The van der Waals surface area contributed by atoms with Crippen LogP contribution in [0.4, 0.5) is 32.0 Å². The van der Waals surface area contributed by atoms with E-state index in [1.54, 1.807) is 6.20 Å². The Morgan fingerprint density at radius 2 is 1.63 bits per heavy atom. The number of halogens is 6. The molecule has 2 atom stereocenters. The van der Waals surface area contributed by atoms with Crippen molar-refractivity contribution >= 4 is 34.8 Å². The van der Waals surface area contributed by atoms with Crippen molar-refractivity contribution in [1.29, 1.82) is 0 Å². The van der Waals surface area contributed by atoms with Crippen LogP contribution in [-0.2, 0) is 31.5 Å². The van der Waals surface area contributed by atoms with Crippen LogP contribution < -0.4 is 10.2 Å². The SMILES string of the molecule is COC(=O)[C@H]([C@H](O)C=O)N(Nc1cc(C(F)(F)F)c(Oc2ccc3[nH]cc(C(C)C)c3c2)c(C(F)(F)F)c1)C(C)=O. The van der Waals surface area contributed by atoms with E-state index in [1.807, 2.05) is 19.3 Å². The summed E-state index contributed by atoms with van der Waals surface area (Å²) in [6.45, 7) is 4.50. The first kappa shape index (κ1) is 31.3. The molecule has 0 saturated heterocycles. The van der Waals surface area contributed by atoms with Crippen molar-refractivity contribution in [2.45, 2.75) is 51.2 Å². The normalized spacial score (nSPS) is 13.6. The van der Waals surface area contributed by atoms with Crippen LogP contribution in [0.2, 0.25) is 0 Å². The number of methoxy groups -OCH3 is 1. The van der Waals surface area contributed by atoms with Gasteiger partial charge in [-0.05, 0) is 41.8 Å². The fourth-order valence-corrected chi connectivity index (χ4v) is 4.08. The molecule has 3 aromatic rings. The van der Waals surface area contributed by atoms with E-state index in [0.29, 0.717) is 10.9 Å². The first-order valence-corrected chi connectivity index (χ1v) is 11.9. The molecule has 0 radical (unpaired) electrons. The molecule has 0 unspecified atom stereocenters. The smallest absolute Gasteiger partial charge is 0.420 e. The maximum Gasteiger partial charge on any atom is 0.420 e. The summed E-state index contributed by atoms with van der Waals surface area (Å²) in [7, 11) is 0.829. The van der Waals surface area contributed by atoms with Crippen LogP contribution in [0.25, 0.3) is 10.9 Å². The third kappa shape index (κ3) is 6.73. The summed E-state index contributed by atoms with van der Waals surface area (Å²) in [6.07, 6.45) is -11.5. The second-order valence-electron chi connectivity index (χ2n) is 9.20. The number of esters is 1. The minimum atomic E-state index is -5.39. The third-order valence-electron chi connectivity index (χ3n) is 6.00. The fourth-order valence-electron chi connectivity index (χ4n) is 4.08. The van der Waals surface area contributed by atoms with Gasteiger partial charge in [0.25, 0.3) is 0 Å². The molecule has 1 heterocycles. The number of hydrogen-bond donors (Lipinski definition) is 3. The first-order valence-electron chi connectivity index (χ1n) is 11.9. The monoisotopic (exact) mass is 589 g/mol. The van der Waals surface area contributed by atoms with E-state index in [9.17, 15) is 45.8 Å². The molecular weight excluding hydrogens is 564 g/mol. The second kappa shape index (κ2) is 11.7. The lowest BCUT2D eigenvalue weighted by Gasteiger charge is -2.31. The predicted octanol–water partition coefficient (Wildman–Crippen LogP) is 5.40. The molecule has 1 aromatic heterocycles. The summed E-state index contributed by atoms with van der Waals surface area (Å²) >= 11 is 0. The Morgan fingerprint density at radius 3 is 2.10 bits per heavy atom. The molecule has 0 bridgehead atoms. The summed E-state index contributed by atoms with van der Waals surface area (Å²) < 4.78 is 94.7. The second-order valence-corrected chi connectivity index (χ2v) is 9.20. The number of H-pyrrole nitrogens is 1. The van der Waals surface area contributed by atoms with Gasteiger partial charge in [-0.15, -0.1) is 0 Å². The molecule has 0 spiro atoms. The molecule has 0 aliphatic carbocycles. The number of aliphatic hydroxyl groups excluding tert-OH is 1. The van der Waals surface area contributed by atoms with Gasteiger partial charge >= 0.3 is 18.3 Å². The summed E-state index contributed by atoms with van der Waals surface area (Å²) in [4.78, 5) is 38.4. The van der Waals surface area contributed by atoms with Gasteiger partial charge < -0.3 is 24.4 Å². The molecule has 3 rings (SSSR count). The number of nitrogens with one attached hydrogen (secondary N) is 2. The lowest BCUT2D eigenvalue weighted by Crippen LogP contribution is -2.54. The van der Waals surface area contributed by atoms with Crippen LogP contribution in [0.15, 0.2) is 36.5 Å². The van der Waals surface area contributed by atoms with Gasteiger partial charge in [0.1, 0.15) is 23.0 Å². The number of ether oxygens (including phenoxy) is 2. The first-order chi connectivity index (χ1) is 19.0. The third-order valence-corrected chi connectivity index (χ3v) is 6.00. The number of aromatic amines is 1. The number of aromatic nitrogens is 1. The number of amides is 1. The van der Waals surface area contributed by atoms with Crippen LogP contribution in [0.5, 0.6) is 11.5 Å². The quantitative estimate of drug-likeness (QED) is 0.132. The van der Waals surface area contributed by atoms with E-state index in [-0.39, 0.29) is 35.1 Å². The zero-order valence-electron chi connectivity index (χ0n) is 22.0. The Hall–Kier alpha value is -4.27. The number of fused-ring (bicyclic) bond motifs is 1. The van der Waals surface area contributed by atoms with Crippen LogP contribution in [0.1, 0.15) is 43.4 Å². The summed E-state index contributed by atoms with van der Waals surface area (Å²) in [5.41, 5.74) is -1.35. The van der Waals surface area contributed by atoms with E-state index in [2.05, 4.69) is 9.72 Å². The molecule has 9 nitrogen and oxygen atoms in total. The number of anilines is 1. The maximum atomic E-state index is 14.2. The maximum absolute atomic E-state index is 14.2.